The Morgan fingerprint density at radius 3 is 2.56 bits per heavy atom. The van der Waals surface area contributed by atoms with Gasteiger partial charge >= 0.3 is 0 Å². The van der Waals surface area contributed by atoms with Gasteiger partial charge in [0.1, 0.15) is 5.82 Å². The Morgan fingerprint density at radius 2 is 1.89 bits per heavy atom. The molecule has 0 radical (unpaired) electrons. The molecule has 0 aliphatic carbocycles. The number of rotatable bonds is 5. The minimum absolute atomic E-state index is 0.212. The lowest BCUT2D eigenvalue weighted by atomic mass is 9.97. The average Bonchev–Trinajstić information content (AvgIpc) is 3.18. The number of aliphatic hydroxyl groups excluding tert-OH is 1. The lowest BCUT2D eigenvalue weighted by Crippen LogP contribution is -2.22. The summed E-state index contributed by atoms with van der Waals surface area (Å²) in [6.07, 6.45) is 6.04. The molecule has 27 heavy (non-hydrogen) atoms. The van der Waals surface area contributed by atoms with Crippen LogP contribution in [0.4, 0.5) is 5.82 Å². The van der Waals surface area contributed by atoms with E-state index in [-0.39, 0.29) is 12.0 Å². The summed E-state index contributed by atoms with van der Waals surface area (Å²) in [5, 5.41) is 15.0. The molecule has 3 aromatic rings. The maximum absolute atomic E-state index is 10.5. The molecule has 6 heteroatoms. The van der Waals surface area contributed by atoms with Gasteiger partial charge in [0, 0.05) is 43.3 Å². The predicted octanol–water partition coefficient (Wildman–Crippen LogP) is 2.38. The van der Waals surface area contributed by atoms with E-state index in [1.165, 1.54) is 5.56 Å². The highest BCUT2D eigenvalue weighted by Gasteiger charge is 2.32. The molecule has 1 N–H and O–H groups in total. The van der Waals surface area contributed by atoms with Crippen LogP contribution in [0.5, 0.6) is 0 Å². The lowest BCUT2D eigenvalue weighted by molar-refractivity contribution is 0.148. The third-order valence-corrected chi connectivity index (χ3v) is 5.22. The van der Waals surface area contributed by atoms with Gasteiger partial charge in [-0.3, -0.25) is 9.67 Å². The van der Waals surface area contributed by atoms with Crippen molar-refractivity contribution in [2.45, 2.75) is 32.9 Å². The monoisotopic (exact) mass is 363 g/mol. The molecule has 6 nitrogen and oxygen atoms in total. The smallest absolute Gasteiger partial charge is 0.128 e. The van der Waals surface area contributed by atoms with E-state index in [0.717, 1.165) is 42.3 Å². The number of aromatic nitrogens is 4. The number of aliphatic hydroxyl groups is 1. The number of hydrogen-bond donors (Lipinski definition) is 1. The summed E-state index contributed by atoms with van der Waals surface area (Å²) in [7, 11) is 0. The van der Waals surface area contributed by atoms with Crippen molar-refractivity contribution in [2.75, 3.05) is 18.0 Å². The number of pyridine rings is 2. The van der Waals surface area contributed by atoms with Gasteiger partial charge in [-0.2, -0.15) is 5.10 Å². The molecular formula is C21H25N5O. The highest BCUT2D eigenvalue weighted by atomic mass is 16.3. The van der Waals surface area contributed by atoms with Crippen molar-refractivity contribution in [2.24, 2.45) is 5.92 Å². The summed E-state index contributed by atoms with van der Waals surface area (Å²) >= 11 is 0. The van der Waals surface area contributed by atoms with Gasteiger partial charge in [0.2, 0.25) is 0 Å². The van der Waals surface area contributed by atoms with Gasteiger partial charge in [-0.25, -0.2) is 4.98 Å². The van der Waals surface area contributed by atoms with Gasteiger partial charge in [-0.05, 0) is 55.7 Å². The van der Waals surface area contributed by atoms with Crippen LogP contribution in [-0.2, 0) is 13.0 Å². The summed E-state index contributed by atoms with van der Waals surface area (Å²) in [5.41, 5.74) is 4.52. The SMILES string of the molecule is Cc1cc(C)n(Cc2ccc(N3C[C@@H](Cc4ccncc4)[C@H](O)C3)nc2)n1. The summed E-state index contributed by atoms with van der Waals surface area (Å²) < 4.78 is 2.00. The highest BCUT2D eigenvalue weighted by molar-refractivity contribution is 5.41. The molecule has 1 fully saturated rings. The zero-order valence-electron chi connectivity index (χ0n) is 15.8. The fourth-order valence-electron chi connectivity index (χ4n) is 3.77. The van der Waals surface area contributed by atoms with E-state index in [0.29, 0.717) is 6.54 Å². The third-order valence-electron chi connectivity index (χ3n) is 5.22. The standard InChI is InChI=1S/C21H25N5O/c1-15-9-16(2)26(24-15)12-18-3-4-21(23-11-18)25-13-19(20(27)14-25)10-17-5-7-22-8-6-17/h3-9,11,19-20,27H,10,12-14H2,1-2H3/t19-,20-/m1/s1. The van der Waals surface area contributed by atoms with Crippen molar-refractivity contribution in [3.63, 3.8) is 0 Å². The molecule has 0 spiro atoms. The molecule has 4 heterocycles. The van der Waals surface area contributed by atoms with E-state index in [1.807, 2.05) is 36.0 Å². The van der Waals surface area contributed by atoms with E-state index >= 15 is 0 Å². The second kappa shape index (κ2) is 7.48. The van der Waals surface area contributed by atoms with Gasteiger partial charge < -0.3 is 10.0 Å². The van der Waals surface area contributed by atoms with Crippen LogP contribution in [-0.4, -0.2) is 44.0 Å². The fraction of sp³-hybridized carbons (Fsp3) is 0.381. The lowest BCUT2D eigenvalue weighted by Gasteiger charge is -2.17. The molecule has 0 saturated carbocycles. The van der Waals surface area contributed by atoms with Crippen LogP contribution in [0.25, 0.3) is 0 Å². The summed E-state index contributed by atoms with van der Waals surface area (Å²) in [5.74, 6) is 1.13. The molecule has 1 aliphatic heterocycles. The van der Waals surface area contributed by atoms with Gasteiger partial charge in [-0.1, -0.05) is 6.07 Å². The van der Waals surface area contributed by atoms with Crippen molar-refractivity contribution in [3.05, 3.63) is 71.4 Å². The van der Waals surface area contributed by atoms with Crippen molar-refractivity contribution in [1.82, 2.24) is 19.7 Å². The molecule has 0 aromatic carbocycles. The van der Waals surface area contributed by atoms with Gasteiger partial charge in [-0.15, -0.1) is 0 Å². The Kier molecular flexibility index (Phi) is 4.90. The minimum Gasteiger partial charge on any atom is -0.391 e. The first kappa shape index (κ1) is 17.7. The maximum atomic E-state index is 10.5. The Balaban J connectivity index is 1.41. The van der Waals surface area contributed by atoms with Gasteiger partial charge in [0.05, 0.1) is 18.3 Å². The Morgan fingerprint density at radius 1 is 1.07 bits per heavy atom. The Hall–Kier alpha value is -2.73. The molecule has 140 valence electrons. The second-order valence-corrected chi connectivity index (χ2v) is 7.40. The molecule has 4 rings (SSSR count). The van der Waals surface area contributed by atoms with Gasteiger partial charge in [0.15, 0.2) is 0 Å². The summed E-state index contributed by atoms with van der Waals surface area (Å²) in [6, 6.07) is 10.3. The Bertz CT molecular complexity index is 891. The first-order valence-corrected chi connectivity index (χ1v) is 9.36. The third kappa shape index (κ3) is 4.01. The van der Waals surface area contributed by atoms with E-state index in [9.17, 15) is 5.11 Å². The number of hydrogen-bond acceptors (Lipinski definition) is 5. The van der Waals surface area contributed by atoms with E-state index in [1.54, 1.807) is 12.4 Å². The summed E-state index contributed by atoms with van der Waals surface area (Å²) in [4.78, 5) is 10.9. The largest absolute Gasteiger partial charge is 0.391 e. The zero-order chi connectivity index (χ0) is 18.8. The topological polar surface area (TPSA) is 67.1 Å². The van der Waals surface area contributed by atoms with E-state index in [4.69, 9.17) is 0 Å². The van der Waals surface area contributed by atoms with Crippen LogP contribution in [0, 0.1) is 19.8 Å². The second-order valence-electron chi connectivity index (χ2n) is 7.40. The van der Waals surface area contributed by atoms with Crippen LogP contribution in [0.2, 0.25) is 0 Å². The van der Waals surface area contributed by atoms with E-state index in [2.05, 4.69) is 39.0 Å². The van der Waals surface area contributed by atoms with Crippen LogP contribution >= 0.6 is 0 Å². The fourth-order valence-corrected chi connectivity index (χ4v) is 3.77. The summed E-state index contributed by atoms with van der Waals surface area (Å²) in [6.45, 7) is 6.23. The molecule has 1 saturated heterocycles. The van der Waals surface area contributed by atoms with E-state index < -0.39 is 0 Å². The molecule has 1 aliphatic rings. The van der Waals surface area contributed by atoms with Crippen molar-refractivity contribution in [1.29, 1.82) is 0 Å². The minimum atomic E-state index is -0.339. The van der Waals surface area contributed by atoms with Crippen LogP contribution < -0.4 is 4.90 Å². The van der Waals surface area contributed by atoms with Crippen LogP contribution in [0.3, 0.4) is 0 Å². The van der Waals surface area contributed by atoms with Crippen LogP contribution in [0.15, 0.2) is 48.9 Å². The van der Waals surface area contributed by atoms with Crippen molar-refractivity contribution >= 4 is 5.82 Å². The Labute approximate surface area is 159 Å². The molecule has 0 unspecified atom stereocenters. The molecule has 3 aromatic heterocycles. The van der Waals surface area contributed by atoms with Gasteiger partial charge in [0.25, 0.3) is 0 Å². The molecule has 0 bridgehead atoms. The average molecular weight is 363 g/mol. The zero-order valence-corrected chi connectivity index (χ0v) is 15.8. The maximum Gasteiger partial charge on any atom is 0.128 e. The van der Waals surface area contributed by atoms with Crippen LogP contribution in [0.1, 0.15) is 22.5 Å². The number of β-amino-alcohol motifs (C(OH)–C–C–N with tert-alkyl or cyclic N) is 1. The predicted molar refractivity (Wildman–Crippen MR) is 105 cm³/mol. The molecular weight excluding hydrogens is 338 g/mol. The quantitative estimate of drug-likeness (QED) is 0.754. The number of nitrogens with zero attached hydrogens (tertiary/aromatic N) is 5. The van der Waals surface area contributed by atoms with Crippen molar-refractivity contribution < 1.29 is 5.11 Å². The first-order chi connectivity index (χ1) is 13.1. The molecule has 2 atom stereocenters. The number of aryl methyl sites for hydroxylation is 2. The first-order valence-electron chi connectivity index (χ1n) is 9.36. The normalized spacial score (nSPS) is 19.6. The molecule has 0 amide bonds. The van der Waals surface area contributed by atoms with Crippen molar-refractivity contribution in [3.8, 4) is 0 Å². The number of anilines is 1. The highest BCUT2D eigenvalue weighted by Crippen LogP contribution is 2.25.